The summed E-state index contributed by atoms with van der Waals surface area (Å²) in [5.74, 6) is -0.685. The van der Waals surface area contributed by atoms with Gasteiger partial charge >= 0.3 is 0 Å². The molecule has 2 aromatic carbocycles. The zero-order valence-electron chi connectivity index (χ0n) is 19.4. The molecule has 0 aliphatic carbocycles. The van der Waals surface area contributed by atoms with Gasteiger partial charge in [-0.05, 0) is 55.3 Å². The lowest BCUT2D eigenvalue weighted by atomic mass is 9.94. The van der Waals surface area contributed by atoms with Crippen molar-refractivity contribution in [1.82, 2.24) is 9.80 Å². The van der Waals surface area contributed by atoms with Crippen LogP contribution in [0, 0.1) is 5.82 Å². The second-order valence-electron chi connectivity index (χ2n) is 8.83. The maximum absolute atomic E-state index is 13.3. The van der Waals surface area contributed by atoms with Gasteiger partial charge in [0.15, 0.2) is 0 Å². The number of benzene rings is 2. The third-order valence-corrected chi connectivity index (χ3v) is 6.28. The number of hydrogen-bond acceptors (Lipinski definition) is 5. The summed E-state index contributed by atoms with van der Waals surface area (Å²) in [6.45, 7) is 0.239. The van der Waals surface area contributed by atoms with Crippen molar-refractivity contribution in [3.63, 3.8) is 0 Å². The van der Waals surface area contributed by atoms with E-state index in [9.17, 15) is 18.8 Å². The molecule has 0 bridgehead atoms. The largest absolute Gasteiger partial charge is 0.490 e. The van der Waals surface area contributed by atoms with Gasteiger partial charge in [0.2, 0.25) is 5.91 Å². The quantitative estimate of drug-likeness (QED) is 0.744. The lowest BCUT2D eigenvalue weighted by Crippen LogP contribution is -2.53. The molecule has 1 saturated heterocycles. The minimum Gasteiger partial charge on any atom is -0.490 e. The Bertz CT molecular complexity index is 1090. The van der Waals surface area contributed by atoms with Gasteiger partial charge in [-0.2, -0.15) is 0 Å². The van der Waals surface area contributed by atoms with Gasteiger partial charge in [-0.15, -0.1) is 0 Å². The summed E-state index contributed by atoms with van der Waals surface area (Å²) in [6.07, 6.45) is 1.08. The summed E-state index contributed by atoms with van der Waals surface area (Å²) in [7, 11) is 5.16. The van der Waals surface area contributed by atoms with Crippen LogP contribution in [-0.4, -0.2) is 73.5 Å². The molecule has 3 amide bonds. The Hall–Kier alpha value is -3.46. The van der Waals surface area contributed by atoms with E-state index < -0.39 is 11.7 Å². The third-order valence-electron chi connectivity index (χ3n) is 6.28. The zero-order valence-corrected chi connectivity index (χ0v) is 19.4. The molecule has 2 aliphatic rings. The van der Waals surface area contributed by atoms with Gasteiger partial charge in [0, 0.05) is 32.4 Å². The molecule has 0 aromatic heterocycles. The molecule has 8 nitrogen and oxygen atoms in total. The summed E-state index contributed by atoms with van der Waals surface area (Å²) in [5, 5.41) is 2.74. The highest BCUT2D eigenvalue weighted by molar-refractivity contribution is 6.05. The number of nitrogens with zero attached hydrogens (tertiary/aromatic N) is 2. The number of ether oxygens (including phenoxy) is 2. The maximum atomic E-state index is 13.3. The number of nitrogens with one attached hydrogen (secondary N) is 1. The van der Waals surface area contributed by atoms with Crippen molar-refractivity contribution in [2.24, 2.45) is 0 Å². The maximum Gasteiger partial charge on any atom is 0.257 e. The Balaban J connectivity index is 1.50. The zero-order chi connectivity index (χ0) is 24.4. The summed E-state index contributed by atoms with van der Waals surface area (Å²) in [4.78, 5) is 41.1. The van der Waals surface area contributed by atoms with Gasteiger partial charge in [-0.1, -0.05) is 0 Å². The van der Waals surface area contributed by atoms with Crippen LogP contribution in [0.4, 0.5) is 10.1 Å². The summed E-state index contributed by atoms with van der Waals surface area (Å²) in [5.41, 5.74) is 1.07. The van der Waals surface area contributed by atoms with Gasteiger partial charge in [0.25, 0.3) is 11.8 Å². The number of halogens is 1. The normalized spacial score (nSPS) is 21.9. The Labute approximate surface area is 197 Å². The molecule has 1 N–H and O–H groups in total. The van der Waals surface area contributed by atoms with Gasteiger partial charge in [-0.3, -0.25) is 14.4 Å². The molecule has 2 heterocycles. The SMILES string of the molecule is CN(C)C(=O)C[C@@H]1CC[C@@H]2[C@@H](COc3ccc(NC(=O)c4ccc(F)cc4)cc3C(=O)N2C)O1. The Morgan fingerprint density at radius 3 is 2.59 bits per heavy atom. The van der Waals surface area contributed by atoms with Gasteiger partial charge < -0.3 is 24.6 Å². The van der Waals surface area contributed by atoms with Crippen LogP contribution in [0.1, 0.15) is 40.0 Å². The van der Waals surface area contributed by atoms with E-state index >= 15 is 0 Å². The van der Waals surface area contributed by atoms with E-state index in [2.05, 4.69) is 5.32 Å². The van der Waals surface area contributed by atoms with E-state index in [4.69, 9.17) is 9.47 Å². The van der Waals surface area contributed by atoms with Crippen molar-refractivity contribution in [1.29, 1.82) is 0 Å². The molecule has 2 aromatic rings. The molecule has 34 heavy (non-hydrogen) atoms. The molecular weight excluding hydrogens is 441 g/mol. The van der Waals surface area contributed by atoms with Crippen LogP contribution in [0.3, 0.4) is 0 Å². The smallest absolute Gasteiger partial charge is 0.257 e. The molecule has 0 unspecified atom stereocenters. The van der Waals surface area contributed by atoms with Crippen molar-refractivity contribution in [3.8, 4) is 5.75 Å². The average Bonchev–Trinajstić information content (AvgIpc) is 2.82. The second kappa shape index (κ2) is 9.80. The van der Waals surface area contributed by atoms with Crippen molar-refractivity contribution in [3.05, 3.63) is 59.4 Å². The van der Waals surface area contributed by atoms with Crippen LogP contribution in [0.2, 0.25) is 0 Å². The van der Waals surface area contributed by atoms with E-state index in [0.29, 0.717) is 41.8 Å². The van der Waals surface area contributed by atoms with Crippen molar-refractivity contribution < 1.29 is 28.2 Å². The Morgan fingerprint density at radius 1 is 1.15 bits per heavy atom. The highest BCUT2D eigenvalue weighted by Crippen LogP contribution is 2.32. The highest BCUT2D eigenvalue weighted by Gasteiger charge is 2.39. The lowest BCUT2D eigenvalue weighted by molar-refractivity contribution is -0.140. The monoisotopic (exact) mass is 469 g/mol. The van der Waals surface area contributed by atoms with Crippen LogP contribution < -0.4 is 10.1 Å². The molecule has 9 heteroatoms. The molecule has 4 rings (SSSR count). The van der Waals surface area contributed by atoms with E-state index in [0.717, 1.165) is 0 Å². The fourth-order valence-corrected chi connectivity index (χ4v) is 4.29. The first kappa shape index (κ1) is 23.7. The number of amides is 3. The van der Waals surface area contributed by atoms with E-state index in [1.807, 2.05) is 0 Å². The molecule has 0 saturated carbocycles. The molecular formula is C25H28FN3O5. The van der Waals surface area contributed by atoms with E-state index in [-0.39, 0.29) is 36.7 Å². The lowest BCUT2D eigenvalue weighted by Gasteiger charge is -2.42. The number of fused-ring (bicyclic) bond motifs is 2. The minimum atomic E-state index is -0.427. The first-order valence-corrected chi connectivity index (χ1v) is 11.2. The number of rotatable bonds is 4. The minimum absolute atomic E-state index is 0.000188. The van der Waals surface area contributed by atoms with Gasteiger partial charge in [0.05, 0.1) is 24.1 Å². The number of carbonyl (C=O) groups is 3. The average molecular weight is 470 g/mol. The predicted molar refractivity (Wildman–Crippen MR) is 123 cm³/mol. The van der Waals surface area contributed by atoms with Gasteiger partial charge in [-0.25, -0.2) is 4.39 Å². The van der Waals surface area contributed by atoms with Crippen LogP contribution >= 0.6 is 0 Å². The molecule has 0 radical (unpaired) electrons. The fraction of sp³-hybridized carbons (Fsp3) is 0.400. The first-order chi connectivity index (χ1) is 16.2. The summed E-state index contributed by atoms with van der Waals surface area (Å²) < 4.78 is 25.2. The van der Waals surface area contributed by atoms with Crippen LogP contribution in [-0.2, 0) is 9.53 Å². The van der Waals surface area contributed by atoms with Crippen LogP contribution in [0.25, 0.3) is 0 Å². The van der Waals surface area contributed by atoms with E-state index in [1.165, 1.54) is 24.3 Å². The number of anilines is 1. The Morgan fingerprint density at radius 2 is 1.88 bits per heavy atom. The molecule has 3 atom stereocenters. The standard InChI is InChI=1S/C25H28FN3O5/c1-28(2)23(30)13-18-9-10-20-22(34-18)14-33-21-11-8-17(12-19(21)25(32)29(20)3)27-24(31)15-4-6-16(26)7-5-15/h4-8,11-12,18,20,22H,9-10,13-14H2,1-3H3,(H,27,31)/t18-,20+,22+/m0/s1. The first-order valence-electron chi connectivity index (χ1n) is 11.2. The fourth-order valence-electron chi connectivity index (χ4n) is 4.29. The van der Waals surface area contributed by atoms with Crippen LogP contribution in [0.5, 0.6) is 5.75 Å². The molecule has 0 spiro atoms. The molecule has 1 fully saturated rings. The summed E-state index contributed by atoms with van der Waals surface area (Å²) >= 11 is 0. The second-order valence-corrected chi connectivity index (χ2v) is 8.83. The Kier molecular flexibility index (Phi) is 6.83. The number of hydrogen-bond donors (Lipinski definition) is 1. The predicted octanol–water partition coefficient (Wildman–Crippen LogP) is 2.94. The topological polar surface area (TPSA) is 88.2 Å². The highest BCUT2D eigenvalue weighted by atomic mass is 19.1. The van der Waals surface area contributed by atoms with E-state index in [1.54, 1.807) is 49.1 Å². The van der Waals surface area contributed by atoms with Crippen molar-refractivity contribution in [2.75, 3.05) is 33.1 Å². The van der Waals surface area contributed by atoms with Crippen LogP contribution in [0.15, 0.2) is 42.5 Å². The van der Waals surface area contributed by atoms with Crippen molar-refractivity contribution >= 4 is 23.4 Å². The number of carbonyl (C=O) groups excluding carboxylic acids is 3. The molecule has 180 valence electrons. The third kappa shape index (κ3) is 5.04. The molecule has 2 aliphatic heterocycles. The number of likely N-dealkylation sites (N-methyl/N-ethyl adjacent to an activating group) is 1. The van der Waals surface area contributed by atoms with Crippen molar-refractivity contribution in [2.45, 2.75) is 37.5 Å². The summed E-state index contributed by atoms with van der Waals surface area (Å²) in [6, 6.07) is 9.88. The van der Waals surface area contributed by atoms with Gasteiger partial charge in [0.1, 0.15) is 24.3 Å².